The molecule has 5 heteroatoms. The van der Waals surface area contributed by atoms with Crippen LogP contribution in [0, 0.1) is 5.41 Å². The van der Waals surface area contributed by atoms with E-state index in [2.05, 4.69) is 17.4 Å². The fraction of sp³-hybridized carbons (Fsp3) is 0.577. The van der Waals surface area contributed by atoms with E-state index < -0.39 is 23.1 Å². The summed E-state index contributed by atoms with van der Waals surface area (Å²) >= 11 is 0. The van der Waals surface area contributed by atoms with Crippen LogP contribution in [0.3, 0.4) is 0 Å². The second-order valence-corrected chi connectivity index (χ2v) is 9.05. The fourth-order valence-electron chi connectivity index (χ4n) is 3.99. The number of nitrogens with one attached hydrogen (secondary N) is 1. The Kier molecular flexibility index (Phi) is 9.47. The van der Waals surface area contributed by atoms with E-state index in [0.29, 0.717) is 19.4 Å². The van der Waals surface area contributed by atoms with Crippen LogP contribution in [0.15, 0.2) is 42.5 Å². The van der Waals surface area contributed by atoms with E-state index in [9.17, 15) is 14.4 Å². The number of piperidine rings is 1. The van der Waals surface area contributed by atoms with Crippen LogP contribution in [0.1, 0.15) is 71.8 Å². The molecule has 1 heterocycles. The van der Waals surface area contributed by atoms with Crippen LogP contribution < -0.4 is 5.32 Å². The quantitative estimate of drug-likeness (QED) is 0.341. The van der Waals surface area contributed by atoms with E-state index >= 15 is 0 Å². The van der Waals surface area contributed by atoms with Crippen molar-refractivity contribution in [2.45, 2.75) is 84.7 Å². The van der Waals surface area contributed by atoms with Gasteiger partial charge in [0.05, 0.1) is 6.04 Å². The molecule has 1 N–H and O–H groups in total. The van der Waals surface area contributed by atoms with E-state index in [1.54, 1.807) is 18.7 Å². The largest absolute Gasteiger partial charge is 0.354 e. The molecule has 31 heavy (non-hydrogen) atoms. The summed E-state index contributed by atoms with van der Waals surface area (Å²) in [6.07, 6.45) is 9.48. The molecule has 1 aromatic carbocycles. The lowest BCUT2D eigenvalue weighted by atomic mass is 9.83. The third-order valence-corrected chi connectivity index (χ3v) is 6.35. The molecule has 5 nitrogen and oxygen atoms in total. The summed E-state index contributed by atoms with van der Waals surface area (Å²) in [4.78, 5) is 40.6. The van der Waals surface area contributed by atoms with Crippen molar-refractivity contribution in [2.75, 3.05) is 6.54 Å². The maximum absolute atomic E-state index is 13.2. The molecular formula is C26H38N2O3. The number of rotatable bonds is 10. The number of carbonyl (C=O) groups is 3. The van der Waals surface area contributed by atoms with Gasteiger partial charge in [-0.15, -0.1) is 0 Å². The average Bonchev–Trinajstić information content (AvgIpc) is 2.78. The summed E-state index contributed by atoms with van der Waals surface area (Å²) < 4.78 is 0. The van der Waals surface area contributed by atoms with Gasteiger partial charge in [0.25, 0.3) is 5.91 Å². The van der Waals surface area contributed by atoms with Crippen molar-refractivity contribution in [1.29, 1.82) is 0 Å². The maximum atomic E-state index is 13.2. The predicted molar refractivity (Wildman–Crippen MR) is 125 cm³/mol. The van der Waals surface area contributed by atoms with Gasteiger partial charge in [0.15, 0.2) is 0 Å². The second kappa shape index (κ2) is 11.8. The van der Waals surface area contributed by atoms with Crippen molar-refractivity contribution in [3.63, 3.8) is 0 Å². The van der Waals surface area contributed by atoms with Crippen molar-refractivity contribution in [1.82, 2.24) is 10.2 Å². The van der Waals surface area contributed by atoms with Crippen LogP contribution in [0.5, 0.6) is 0 Å². The molecule has 170 valence electrons. The zero-order chi connectivity index (χ0) is 22.9. The van der Waals surface area contributed by atoms with Crippen LogP contribution in [0.4, 0.5) is 0 Å². The van der Waals surface area contributed by atoms with Gasteiger partial charge >= 0.3 is 0 Å². The molecule has 0 saturated carbocycles. The monoisotopic (exact) mass is 426 g/mol. The minimum atomic E-state index is -0.729. The van der Waals surface area contributed by atoms with Crippen molar-refractivity contribution in [3.05, 3.63) is 48.0 Å². The number of carbonyl (C=O) groups excluding carboxylic acids is 3. The van der Waals surface area contributed by atoms with E-state index in [1.807, 2.05) is 44.2 Å². The molecule has 1 aliphatic rings. The Morgan fingerprint density at radius 3 is 2.48 bits per heavy atom. The lowest BCUT2D eigenvalue weighted by Gasteiger charge is -2.41. The highest BCUT2D eigenvalue weighted by Gasteiger charge is 2.42. The van der Waals surface area contributed by atoms with Crippen LogP contribution >= 0.6 is 0 Å². The molecule has 1 fully saturated rings. The summed E-state index contributed by atoms with van der Waals surface area (Å²) in [6, 6.07) is 9.50. The van der Waals surface area contributed by atoms with Crippen molar-refractivity contribution in [2.24, 2.45) is 5.41 Å². The summed E-state index contributed by atoms with van der Waals surface area (Å²) in [6.45, 7) is 7.97. The van der Waals surface area contributed by atoms with Gasteiger partial charge in [0, 0.05) is 12.0 Å². The Morgan fingerprint density at radius 2 is 1.84 bits per heavy atom. The topological polar surface area (TPSA) is 66.5 Å². The van der Waals surface area contributed by atoms with Gasteiger partial charge in [-0.1, -0.05) is 63.3 Å². The predicted octanol–water partition coefficient (Wildman–Crippen LogP) is 4.46. The number of unbranched alkanes of at least 4 members (excludes halogenated alkanes) is 1. The summed E-state index contributed by atoms with van der Waals surface area (Å²) in [5.41, 5.74) is 0.567. The second-order valence-electron chi connectivity index (χ2n) is 9.05. The van der Waals surface area contributed by atoms with Gasteiger partial charge in [-0.05, 0) is 57.4 Å². The molecule has 2 rings (SSSR count). The number of benzene rings is 1. The molecule has 0 radical (unpaired) electrons. The lowest BCUT2D eigenvalue weighted by molar-refractivity contribution is -0.155. The minimum absolute atomic E-state index is 0.149. The van der Waals surface area contributed by atoms with Crippen LogP contribution in [-0.2, 0) is 20.8 Å². The smallest absolute Gasteiger partial charge is 0.291 e. The molecule has 1 aliphatic heterocycles. The molecule has 2 unspecified atom stereocenters. The first kappa shape index (κ1) is 24.8. The van der Waals surface area contributed by atoms with Gasteiger partial charge in [0.2, 0.25) is 11.7 Å². The highest BCUT2D eigenvalue weighted by Crippen LogP contribution is 2.28. The normalized spacial score (nSPS) is 19.4. The average molecular weight is 427 g/mol. The number of Topliss-reactive ketones (excluding diaryl/α,β-unsaturated/α-hetero) is 1. The summed E-state index contributed by atoms with van der Waals surface area (Å²) in [5.74, 6) is -1.09. The Hall–Kier alpha value is -2.43. The minimum Gasteiger partial charge on any atom is -0.354 e. The molecule has 0 spiro atoms. The van der Waals surface area contributed by atoms with Gasteiger partial charge in [-0.3, -0.25) is 14.4 Å². The molecule has 2 amide bonds. The number of amides is 2. The summed E-state index contributed by atoms with van der Waals surface area (Å²) in [7, 11) is 0. The third kappa shape index (κ3) is 6.78. The van der Waals surface area contributed by atoms with Crippen LogP contribution in [0.2, 0.25) is 0 Å². The standard InChI is InChI=1S/C26H38N2O3/c1-5-13-21-17-12-18-22(28(21)25(31)23(29)26(3,4)6-2)24(30)27-19-11-10-16-20-14-8-7-9-15-20/h5,7-9,13-15,21-22H,6,10-12,16-19H2,1-4H3,(H,27,30). The lowest BCUT2D eigenvalue weighted by Crippen LogP contribution is -2.58. The fourth-order valence-corrected chi connectivity index (χ4v) is 3.99. The summed E-state index contributed by atoms with van der Waals surface area (Å²) in [5, 5.41) is 3.01. The number of ketones is 1. The number of allylic oxidation sites excluding steroid dienone is 1. The molecule has 0 bridgehead atoms. The molecule has 0 aliphatic carbocycles. The van der Waals surface area contributed by atoms with Crippen molar-refractivity contribution >= 4 is 17.6 Å². The number of hydrogen-bond donors (Lipinski definition) is 1. The molecular weight excluding hydrogens is 388 g/mol. The highest BCUT2D eigenvalue weighted by molar-refractivity contribution is 6.38. The van der Waals surface area contributed by atoms with E-state index in [1.165, 1.54) is 5.56 Å². The van der Waals surface area contributed by atoms with E-state index in [4.69, 9.17) is 0 Å². The van der Waals surface area contributed by atoms with E-state index in [-0.39, 0.29) is 11.9 Å². The Bertz CT molecular complexity index is 770. The molecule has 0 aromatic heterocycles. The molecule has 2 atom stereocenters. The van der Waals surface area contributed by atoms with Gasteiger partial charge in [-0.25, -0.2) is 0 Å². The first-order valence-corrected chi connectivity index (χ1v) is 11.6. The molecule has 1 saturated heterocycles. The number of nitrogens with zero attached hydrogens (tertiary/aromatic N) is 1. The molecule has 1 aromatic rings. The van der Waals surface area contributed by atoms with Crippen molar-refractivity contribution in [3.8, 4) is 0 Å². The highest BCUT2D eigenvalue weighted by atomic mass is 16.2. The number of likely N-dealkylation sites (tertiary alicyclic amines) is 1. The zero-order valence-electron chi connectivity index (χ0n) is 19.5. The van der Waals surface area contributed by atoms with Gasteiger partial charge < -0.3 is 10.2 Å². The van der Waals surface area contributed by atoms with Gasteiger partial charge in [-0.2, -0.15) is 0 Å². The SMILES string of the molecule is CC=CC1CCCC(C(=O)NCCCCc2ccccc2)N1C(=O)C(=O)C(C)(C)CC. The third-order valence-electron chi connectivity index (χ3n) is 6.35. The van der Waals surface area contributed by atoms with E-state index in [0.717, 1.165) is 32.1 Å². The maximum Gasteiger partial charge on any atom is 0.291 e. The van der Waals surface area contributed by atoms with Crippen molar-refractivity contribution < 1.29 is 14.4 Å². The zero-order valence-corrected chi connectivity index (χ0v) is 19.5. The first-order chi connectivity index (χ1) is 14.8. The van der Waals surface area contributed by atoms with Crippen LogP contribution in [0.25, 0.3) is 0 Å². The Balaban J connectivity index is 2.00. The first-order valence-electron chi connectivity index (χ1n) is 11.6. The van der Waals surface area contributed by atoms with Crippen LogP contribution in [-0.4, -0.2) is 41.1 Å². The van der Waals surface area contributed by atoms with Gasteiger partial charge in [0.1, 0.15) is 6.04 Å². The number of hydrogen-bond acceptors (Lipinski definition) is 3. The Labute approximate surface area is 187 Å². The number of aryl methyl sites for hydroxylation is 1. The Morgan fingerprint density at radius 1 is 1.13 bits per heavy atom.